The molecule has 0 atom stereocenters. The Bertz CT molecular complexity index is 797. The lowest BCUT2D eigenvalue weighted by molar-refractivity contribution is 0.306. The first-order valence-electron chi connectivity index (χ1n) is 8.52. The molecule has 0 aliphatic heterocycles. The molecule has 0 amide bonds. The zero-order chi connectivity index (χ0) is 17.5. The van der Waals surface area contributed by atoms with Crippen molar-refractivity contribution in [2.45, 2.75) is 26.5 Å². The van der Waals surface area contributed by atoms with Gasteiger partial charge in [0.2, 0.25) is 0 Å². The molecule has 3 heteroatoms. The number of anilines is 1. The van der Waals surface area contributed by atoms with E-state index in [1.54, 1.807) is 12.1 Å². The lowest BCUT2D eigenvalue weighted by atomic mass is 10.1. The Balaban J connectivity index is 1.54. The van der Waals surface area contributed by atoms with Gasteiger partial charge in [-0.3, -0.25) is 0 Å². The minimum absolute atomic E-state index is 0.231. The van der Waals surface area contributed by atoms with Crippen molar-refractivity contribution in [3.05, 3.63) is 95.3 Å². The molecule has 3 aromatic carbocycles. The smallest absolute Gasteiger partial charge is 0.123 e. The molecule has 25 heavy (non-hydrogen) atoms. The minimum atomic E-state index is -0.231. The van der Waals surface area contributed by atoms with Gasteiger partial charge in [0.25, 0.3) is 0 Å². The summed E-state index contributed by atoms with van der Waals surface area (Å²) in [5.41, 5.74) is 4.65. The van der Waals surface area contributed by atoms with Crippen molar-refractivity contribution in [3.63, 3.8) is 0 Å². The van der Waals surface area contributed by atoms with Gasteiger partial charge in [-0.2, -0.15) is 0 Å². The number of halogens is 1. The first-order valence-corrected chi connectivity index (χ1v) is 8.52. The lowest BCUT2D eigenvalue weighted by Gasteiger charge is -2.11. The molecule has 3 rings (SSSR count). The summed E-state index contributed by atoms with van der Waals surface area (Å²) in [5.74, 6) is 0.576. The average molecular weight is 335 g/mol. The fourth-order valence-corrected chi connectivity index (χ4v) is 2.65. The largest absolute Gasteiger partial charge is 0.489 e. The summed E-state index contributed by atoms with van der Waals surface area (Å²) in [6.07, 6.45) is 1.01. The molecule has 0 spiro atoms. The molecule has 128 valence electrons. The molecule has 1 N–H and O–H groups in total. The first kappa shape index (κ1) is 17.0. The number of hydrogen-bond donors (Lipinski definition) is 1. The normalized spacial score (nSPS) is 10.5. The number of aryl methyl sites for hydroxylation is 1. The molecule has 0 saturated heterocycles. The Morgan fingerprint density at radius 2 is 1.52 bits per heavy atom. The van der Waals surface area contributed by atoms with E-state index in [0.29, 0.717) is 6.61 Å². The summed E-state index contributed by atoms with van der Waals surface area (Å²) in [5, 5.41) is 3.49. The van der Waals surface area contributed by atoms with Gasteiger partial charge in [-0.1, -0.05) is 49.4 Å². The van der Waals surface area contributed by atoms with Crippen molar-refractivity contribution in [2.75, 3.05) is 5.32 Å². The maximum atomic E-state index is 12.9. The first-order chi connectivity index (χ1) is 12.2. The summed E-state index contributed by atoms with van der Waals surface area (Å²) in [6.45, 7) is 3.37. The van der Waals surface area contributed by atoms with Crippen LogP contribution >= 0.6 is 0 Å². The van der Waals surface area contributed by atoms with E-state index >= 15 is 0 Å². The Morgan fingerprint density at radius 3 is 2.24 bits per heavy atom. The van der Waals surface area contributed by atoms with Gasteiger partial charge >= 0.3 is 0 Å². The highest BCUT2D eigenvalue weighted by atomic mass is 19.1. The van der Waals surface area contributed by atoms with E-state index in [4.69, 9.17) is 4.74 Å². The zero-order valence-electron chi connectivity index (χ0n) is 14.3. The molecule has 0 radical (unpaired) electrons. The van der Waals surface area contributed by atoms with Crippen LogP contribution in [0.4, 0.5) is 10.1 Å². The molecule has 0 heterocycles. The molecule has 0 aromatic heterocycles. The van der Waals surface area contributed by atoms with Crippen molar-refractivity contribution in [3.8, 4) is 5.75 Å². The van der Waals surface area contributed by atoms with E-state index in [-0.39, 0.29) is 5.82 Å². The molecule has 0 bridgehead atoms. The quantitative estimate of drug-likeness (QED) is 0.608. The van der Waals surface area contributed by atoms with Crippen molar-refractivity contribution in [1.82, 2.24) is 0 Å². The van der Waals surface area contributed by atoms with E-state index in [0.717, 1.165) is 24.3 Å². The number of nitrogens with one attached hydrogen (secondary N) is 1. The highest BCUT2D eigenvalue weighted by molar-refractivity contribution is 5.51. The molecule has 3 aromatic rings. The van der Waals surface area contributed by atoms with Crippen LogP contribution in [0.5, 0.6) is 5.75 Å². The van der Waals surface area contributed by atoms with Gasteiger partial charge in [-0.25, -0.2) is 4.39 Å². The molecular formula is C22H22FNO. The number of rotatable bonds is 7. The van der Waals surface area contributed by atoms with Crippen LogP contribution in [0.25, 0.3) is 0 Å². The van der Waals surface area contributed by atoms with E-state index in [1.165, 1.54) is 28.9 Å². The molecule has 0 fully saturated rings. The highest BCUT2D eigenvalue weighted by Gasteiger charge is 2.01. The standard InChI is InChI=1S/C22H22FNO/c1-2-19-5-3-4-6-22(19)24-15-17-9-13-21(14-10-17)25-16-18-7-11-20(23)12-8-18/h3-14,24H,2,15-16H2,1H3. The van der Waals surface area contributed by atoms with E-state index in [2.05, 4.69) is 42.6 Å². The molecule has 2 nitrogen and oxygen atoms in total. The van der Waals surface area contributed by atoms with Crippen molar-refractivity contribution < 1.29 is 9.13 Å². The van der Waals surface area contributed by atoms with Crippen molar-refractivity contribution in [2.24, 2.45) is 0 Å². The molecule has 0 unspecified atom stereocenters. The van der Waals surface area contributed by atoms with Gasteiger partial charge in [0.15, 0.2) is 0 Å². The maximum Gasteiger partial charge on any atom is 0.123 e. The Morgan fingerprint density at radius 1 is 0.840 bits per heavy atom. The van der Waals surface area contributed by atoms with Crippen LogP contribution in [0, 0.1) is 5.82 Å². The van der Waals surface area contributed by atoms with Gasteiger partial charge in [0.05, 0.1) is 0 Å². The van der Waals surface area contributed by atoms with Crippen LogP contribution in [0.1, 0.15) is 23.6 Å². The molecular weight excluding hydrogens is 313 g/mol. The van der Waals surface area contributed by atoms with Crippen LogP contribution in [0.15, 0.2) is 72.8 Å². The second kappa shape index (κ2) is 8.34. The average Bonchev–Trinajstić information content (AvgIpc) is 2.67. The monoisotopic (exact) mass is 335 g/mol. The van der Waals surface area contributed by atoms with Crippen LogP contribution in [0.2, 0.25) is 0 Å². The second-order valence-electron chi connectivity index (χ2n) is 5.92. The van der Waals surface area contributed by atoms with Gasteiger partial charge in [0.1, 0.15) is 18.2 Å². The maximum absolute atomic E-state index is 12.9. The summed E-state index contributed by atoms with van der Waals surface area (Å²) >= 11 is 0. The lowest BCUT2D eigenvalue weighted by Crippen LogP contribution is -2.02. The molecule has 0 saturated carbocycles. The SMILES string of the molecule is CCc1ccccc1NCc1ccc(OCc2ccc(F)cc2)cc1. The highest BCUT2D eigenvalue weighted by Crippen LogP contribution is 2.18. The summed E-state index contributed by atoms with van der Waals surface area (Å²) in [6, 6.07) is 22.8. The Kier molecular flexibility index (Phi) is 5.68. The van der Waals surface area contributed by atoms with Gasteiger partial charge in [-0.05, 0) is 53.4 Å². The van der Waals surface area contributed by atoms with E-state index in [1.807, 2.05) is 18.2 Å². The summed E-state index contributed by atoms with van der Waals surface area (Å²) in [7, 11) is 0. The fraction of sp³-hybridized carbons (Fsp3) is 0.182. The zero-order valence-corrected chi connectivity index (χ0v) is 14.3. The third-order valence-electron chi connectivity index (χ3n) is 4.12. The van der Waals surface area contributed by atoms with Crippen LogP contribution in [-0.4, -0.2) is 0 Å². The molecule has 0 aliphatic carbocycles. The fourth-order valence-electron chi connectivity index (χ4n) is 2.65. The van der Waals surface area contributed by atoms with Gasteiger partial charge in [0, 0.05) is 12.2 Å². The minimum Gasteiger partial charge on any atom is -0.489 e. The number of ether oxygens (including phenoxy) is 1. The van der Waals surface area contributed by atoms with Crippen LogP contribution < -0.4 is 10.1 Å². The second-order valence-corrected chi connectivity index (χ2v) is 5.92. The third kappa shape index (κ3) is 4.83. The van der Waals surface area contributed by atoms with Crippen LogP contribution in [-0.2, 0) is 19.6 Å². The topological polar surface area (TPSA) is 21.3 Å². The van der Waals surface area contributed by atoms with Gasteiger partial charge in [-0.15, -0.1) is 0 Å². The predicted molar refractivity (Wildman–Crippen MR) is 100 cm³/mol. The van der Waals surface area contributed by atoms with Crippen molar-refractivity contribution in [1.29, 1.82) is 0 Å². The summed E-state index contributed by atoms with van der Waals surface area (Å²) in [4.78, 5) is 0. The van der Waals surface area contributed by atoms with E-state index < -0.39 is 0 Å². The van der Waals surface area contributed by atoms with Gasteiger partial charge < -0.3 is 10.1 Å². The predicted octanol–water partition coefficient (Wildman–Crippen LogP) is 5.58. The Labute approximate surface area is 148 Å². The third-order valence-corrected chi connectivity index (χ3v) is 4.12. The Hall–Kier alpha value is -2.81. The number of para-hydroxylation sites is 1. The number of hydrogen-bond acceptors (Lipinski definition) is 2. The number of benzene rings is 3. The van der Waals surface area contributed by atoms with E-state index in [9.17, 15) is 4.39 Å². The van der Waals surface area contributed by atoms with Crippen LogP contribution in [0.3, 0.4) is 0 Å². The summed E-state index contributed by atoms with van der Waals surface area (Å²) < 4.78 is 18.6. The van der Waals surface area contributed by atoms with Crippen molar-refractivity contribution >= 4 is 5.69 Å². The molecule has 0 aliphatic rings.